The second kappa shape index (κ2) is 8.92. The van der Waals surface area contributed by atoms with E-state index in [0.29, 0.717) is 16.5 Å². The first kappa shape index (κ1) is 19.8. The van der Waals surface area contributed by atoms with E-state index in [0.717, 1.165) is 22.7 Å². The van der Waals surface area contributed by atoms with E-state index in [1.807, 2.05) is 54.0 Å². The van der Waals surface area contributed by atoms with Crippen LogP contribution in [0.1, 0.15) is 15.9 Å². The van der Waals surface area contributed by atoms with E-state index in [4.69, 9.17) is 4.74 Å². The second-order valence-corrected chi connectivity index (χ2v) is 7.57. The van der Waals surface area contributed by atoms with Gasteiger partial charge in [-0.3, -0.25) is 14.3 Å². The van der Waals surface area contributed by atoms with Gasteiger partial charge in [-0.05, 0) is 55.5 Å². The molecule has 2 aromatic carbocycles. The third-order valence-corrected chi connectivity index (χ3v) is 5.49. The highest BCUT2D eigenvalue weighted by atomic mass is 32.2. The molecule has 2 heterocycles. The molecule has 0 aliphatic heterocycles. The number of thioether (sulfide) groups is 1. The number of methoxy groups -OCH3 is 1. The molecule has 0 spiro atoms. The summed E-state index contributed by atoms with van der Waals surface area (Å²) in [6, 6.07) is 20.9. The minimum atomic E-state index is 0.0143. The minimum absolute atomic E-state index is 0.0143. The fraction of sp³-hybridized carbons (Fsp3) is 0.130. The molecule has 0 bridgehead atoms. The third-order valence-electron chi connectivity index (χ3n) is 4.56. The molecule has 7 heteroatoms. The highest BCUT2D eigenvalue weighted by Crippen LogP contribution is 2.27. The van der Waals surface area contributed by atoms with Crippen LogP contribution in [0.25, 0.3) is 17.2 Å². The zero-order valence-electron chi connectivity index (χ0n) is 16.6. The second-order valence-electron chi connectivity index (χ2n) is 6.63. The van der Waals surface area contributed by atoms with E-state index < -0.39 is 0 Å². The van der Waals surface area contributed by atoms with Crippen LogP contribution in [0.2, 0.25) is 0 Å². The fourth-order valence-corrected chi connectivity index (χ4v) is 3.79. The molecule has 0 fully saturated rings. The maximum atomic E-state index is 12.7. The molecule has 0 saturated heterocycles. The van der Waals surface area contributed by atoms with Crippen LogP contribution in [0.15, 0.2) is 78.1 Å². The van der Waals surface area contributed by atoms with Crippen molar-refractivity contribution in [3.63, 3.8) is 0 Å². The number of ketones is 1. The van der Waals surface area contributed by atoms with E-state index in [1.165, 1.54) is 11.8 Å². The monoisotopic (exact) mass is 416 g/mol. The number of Topliss-reactive ketones (excluding diaryl/α,β-unsaturated/α-hetero) is 1. The summed E-state index contributed by atoms with van der Waals surface area (Å²) in [7, 11) is 1.60. The van der Waals surface area contributed by atoms with Gasteiger partial charge < -0.3 is 4.74 Å². The standard InChI is InChI=1S/C23H20N4O2S/c1-16-6-10-18(11-7-16)27-22(20-5-3-4-14-24-20)25-26-23(27)30-15-21(28)17-8-12-19(29-2)13-9-17/h3-14H,15H2,1-2H3. The quantitative estimate of drug-likeness (QED) is 0.323. The van der Waals surface area contributed by atoms with Crippen molar-refractivity contribution in [3.05, 3.63) is 84.1 Å². The van der Waals surface area contributed by atoms with Crippen LogP contribution in [0.5, 0.6) is 5.75 Å². The minimum Gasteiger partial charge on any atom is -0.497 e. The molecule has 6 nitrogen and oxygen atoms in total. The molecule has 150 valence electrons. The molecule has 0 atom stereocenters. The fourth-order valence-electron chi connectivity index (χ4n) is 2.94. The lowest BCUT2D eigenvalue weighted by Crippen LogP contribution is -2.05. The number of nitrogens with zero attached hydrogens (tertiary/aromatic N) is 4. The number of aryl methyl sites for hydroxylation is 1. The summed E-state index contributed by atoms with van der Waals surface area (Å²) < 4.78 is 7.09. The summed E-state index contributed by atoms with van der Waals surface area (Å²) in [5.41, 5.74) is 3.44. The first-order chi connectivity index (χ1) is 14.7. The first-order valence-electron chi connectivity index (χ1n) is 9.39. The molecular weight excluding hydrogens is 396 g/mol. The molecule has 4 rings (SSSR count). The number of carbonyl (C=O) groups excluding carboxylic acids is 1. The number of pyridine rings is 1. The van der Waals surface area contributed by atoms with E-state index >= 15 is 0 Å². The van der Waals surface area contributed by atoms with E-state index in [-0.39, 0.29) is 11.5 Å². The summed E-state index contributed by atoms with van der Waals surface area (Å²) in [5.74, 6) is 1.62. The predicted molar refractivity (Wildman–Crippen MR) is 117 cm³/mol. The average molecular weight is 417 g/mol. The number of rotatable bonds is 7. The molecule has 0 N–H and O–H groups in total. The molecule has 30 heavy (non-hydrogen) atoms. The molecule has 0 saturated carbocycles. The molecule has 0 radical (unpaired) electrons. The van der Waals surface area contributed by atoms with Gasteiger partial charge in [-0.1, -0.05) is 35.5 Å². The number of ether oxygens (including phenoxy) is 1. The highest BCUT2D eigenvalue weighted by Gasteiger charge is 2.18. The van der Waals surface area contributed by atoms with Crippen molar-refractivity contribution in [2.75, 3.05) is 12.9 Å². The molecule has 0 aliphatic rings. The maximum absolute atomic E-state index is 12.7. The predicted octanol–water partition coefficient (Wildman–Crippen LogP) is 4.62. The van der Waals surface area contributed by atoms with Gasteiger partial charge in [-0.25, -0.2) is 0 Å². The van der Waals surface area contributed by atoms with Gasteiger partial charge >= 0.3 is 0 Å². The SMILES string of the molecule is COc1ccc(C(=O)CSc2nnc(-c3ccccn3)n2-c2ccc(C)cc2)cc1. The Morgan fingerprint density at radius 2 is 1.77 bits per heavy atom. The summed E-state index contributed by atoms with van der Waals surface area (Å²) in [6.07, 6.45) is 1.73. The van der Waals surface area contributed by atoms with Gasteiger partial charge in [0.15, 0.2) is 16.8 Å². The highest BCUT2D eigenvalue weighted by molar-refractivity contribution is 7.99. The van der Waals surface area contributed by atoms with Crippen molar-refractivity contribution < 1.29 is 9.53 Å². The Kier molecular flexibility index (Phi) is 5.90. The van der Waals surface area contributed by atoms with Crippen molar-refractivity contribution in [2.24, 2.45) is 0 Å². The molecule has 0 unspecified atom stereocenters. The lowest BCUT2D eigenvalue weighted by Gasteiger charge is -2.10. The Morgan fingerprint density at radius 1 is 1.00 bits per heavy atom. The molecule has 0 amide bonds. The Labute approximate surface area is 179 Å². The van der Waals surface area contributed by atoms with Gasteiger partial charge in [0.25, 0.3) is 0 Å². The number of hydrogen-bond acceptors (Lipinski definition) is 6. The Balaban J connectivity index is 1.63. The van der Waals surface area contributed by atoms with Gasteiger partial charge in [0.05, 0.1) is 12.9 Å². The van der Waals surface area contributed by atoms with Crippen molar-refractivity contribution in [1.82, 2.24) is 19.7 Å². The first-order valence-corrected chi connectivity index (χ1v) is 10.4. The van der Waals surface area contributed by atoms with Crippen molar-refractivity contribution in [2.45, 2.75) is 12.1 Å². The smallest absolute Gasteiger partial charge is 0.196 e. The topological polar surface area (TPSA) is 69.9 Å². The van der Waals surface area contributed by atoms with Crippen LogP contribution in [-0.2, 0) is 0 Å². The van der Waals surface area contributed by atoms with E-state index in [9.17, 15) is 4.79 Å². The van der Waals surface area contributed by atoms with Gasteiger partial charge in [-0.15, -0.1) is 10.2 Å². The van der Waals surface area contributed by atoms with Crippen molar-refractivity contribution in [3.8, 4) is 23.0 Å². The zero-order chi connectivity index (χ0) is 20.9. The molecular formula is C23H20N4O2S. The number of carbonyl (C=O) groups is 1. The third kappa shape index (κ3) is 4.26. The van der Waals surface area contributed by atoms with Crippen LogP contribution < -0.4 is 4.74 Å². The molecule has 4 aromatic rings. The van der Waals surface area contributed by atoms with Crippen LogP contribution in [0.4, 0.5) is 0 Å². The Bertz CT molecular complexity index is 1140. The normalized spacial score (nSPS) is 10.7. The molecule has 2 aromatic heterocycles. The lowest BCUT2D eigenvalue weighted by molar-refractivity contribution is 0.102. The average Bonchev–Trinajstić information content (AvgIpc) is 3.22. The van der Waals surface area contributed by atoms with E-state index in [1.54, 1.807) is 37.6 Å². The van der Waals surface area contributed by atoms with Gasteiger partial charge in [0.1, 0.15) is 11.4 Å². The summed E-state index contributed by atoms with van der Waals surface area (Å²) in [6.45, 7) is 2.04. The van der Waals surface area contributed by atoms with E-state index in [2.05, 4.69) is 15.2 Å². The summed E-state index contributed by atoms with van der Waals surface area (Å²) >= 11 is 1.36. The maximum Gasteiger partial charge on any atom is 0.196 e. The van der Waals surface area contributed by atoms with Crippen molar-refractivity contribution >= 4 is 17.5 Å². The van der Waals surface area contributed by atoms with Gasteiger partial charge in [0.2, 0.25) is 0 Å². The van der Waals surface area contributed by atoms with Gasteiger partial charge in [-0.2, -0.15) is 0 Å². The zero-order valence-corrected chi connectivity index (χ0v) is 17.5. The molecule has 0 aliphatic carbocycles. The van der Waals surface area contributed by atoms with Crippen LogP contribution in [-0.4, -0.2) is 38.4 Å². The Morgan fingerprint density at radius 3 is 2.43 bits per heavy atom. The largest absolute Gasteiger partial charge is 0.497 e. The van der Waals surface area contributed by atoms with Crippen LogP contribution in [0, 0.1) is 6.92 Å². The van der Waals surface area contributed by atoms with Crippen molar-refractivity contribution in [1.29, 1.82) is 0 Å². The Hall–Kier alpha value is -3.45. The number of aromatic nitrogens is 4. The number of hydrogen-bond donors (Lipinski definition) is 0. The lowest BCUT2D eigenvalue weighted by atomic mass is 10.1. The van der Waals surface area contributed by atoms with Gasteiger partial charge in [0, 0.05) is 17.4 Å². The van der Waals surface area contributed by atoms with Crippen LogP contribution >= 0.6 is 11.8 Å². The summed E-state index contributed by atoms with van der Waals surface area (Å²) in [5, 5.41) is 9.35. The number of benzene rings is 2. The summed E-state index contributed by atoms with van der Waals surface area (Å²) in [4.78, 5) is 17.1. The van der Waals surface area contributed by atoms with Crippen LogP contribution in [0.3, 0.4) is 0 Å².